The molecular formula is C27H33ClF2N2O6S. The van der Waals surface area contributed by atoms with Crippen LogP contribution in [0.5, 0.6) is 0 Å². The SMILES string of the molecule is CC(C)(O)CC(=O)NCC1(O)C2CCC1CC(S(=O)(=O)c1cc(C(=O)NC3=CC=C(F)C(F)C3)ccc1Cl)C2. The van der Waals surface area contributed by atoms with Crippen LogP contribution in [-0.2, 0) is 14.6 Å². The van der Waals surface area contributed by atoms with E-state index in [0.717, 1.165) is 6.08 Å². The van der Waals surface area contributed by atoms with Crippen LogP contribution in [0.4, 0.5) is 8.78 Å². The molecule has 0 heterocycles. The third-order valence-electron chi connectivity index (χ3n) is 7.89. The standard InChI is InChI=1S/C27H33ClF2N2O6S/c1-26(2,35)13-24(33)31-14-27(36)16-4-5-17(27)11-19(10-16)39(37,38)23-9-15(3-7-20(23)28)25(34)32-18-6-8-21(29)22(30)12-18/h3,6-9,16-17,19,22,35-36H,4-5,10-14H2,1-2H3,(H,31,33)(H,32,34). The van der Waals surface area contributed by atoms with E-state index in [1.165, 1.54) is 38.1 Å². The molecule has 4 N–H and O–H groups in total. The number of sulfone groups is 1. The number of nitrogens with one attached hydrogen (secondary N) is 2. The van der Waals surface area contributed by atoms with E-state index < -0.39 is 50.1 Å². The number of fused-ring (bicyclic) bond motifs is 2. The molecule has 4 rings (SSSR count). The molecule has 0 spiro atoms. The minimum Gasteiger partial charge on any atom is -0.390 e. The molecule has 0 aromatic heterocycles. The lowest BCUT2D eigenvalue weighted by Gasteiger charge is -2.42. The number of amides is 2. The Morgan fingerprint density at radius 2 is 1.82 bits per heavy atom. The van der Waals surface area contributed by atoms with Crippen molar-refractivity contribution in [3.63, 3.8) is 0 Å². The Balaban J connectivity index is 1.48. The van der Waals surface area contributed by atoms with Gasteiger partial charge in [-0.15, -0.1) is 0 Å². The molecule has 0 radical (unpaired) electrons. The molecule has 3 aliphatic carbocycles. The lowest BCUT2D eigenvalue weighted by molar-refractivity contribution is -0.128. The maximum absolute atomic E-state index is 13.7. The van der Waals surface area contributed by atoms with Crippen molar-refractivity contribution < 1.29 is 37.0 Å². The summed E-state index contributed by atoms with van der Waals surface area (Å²) < 4.78 is 54.3. The molecule has 2 fully saturated rings. The first kappa shape index (κ1) is 29.6. The fourth-order valence-electron chi connectivity index (χ4n) is 5.84. The van der Waals surface area contributed by atoms with Gasteiger partial charge in [0.25, 0.3) is 5.91 Å². The van der Waals surface area contributed by atoms with Crippen molar-refractivity contribution in [3.8, 4) is 0 Å². The Labute approximate surface area is 231 Å². The molecule has 1 aromatic carbocycles. The van der Waals surface area contributed by atoms with E-state index in [2.05, 4.69) is 10.6 Å². The second-order valence-corrected chi connectivity index (χ2v) is 14.0. The van der Waals surface area contributed by atoms with Gasteiger partial charge >= 0.3 is 0 Å². The van der Waals surface area contributed by atoms with Gasteiger partial charge in [-0.2, -0.15) is 0 Å². The van der Waals surface area contributed by atoms with Crippen molar-refractivity contribution in [2.75, 3.05) is 6.54 Å². The minimum absolute atomic E-state index is 0.00545. The Morgan fingerprint density at radius 3 is 2.41 bits per heavy atom. The van der Waals surface area contributed by atoms with Gasteiger partial charge in [-0.25, -0.2) is 17.2 Å². The van der Waals surface area contributed by atoms with Gasteiger partial charge in [0, 0.05) is 24.2 Å². The summed E-state index contributed by atoms with van der Waals surface area (Å²) in [5.41, 5.74) is -2.30. The van der Waals surface area contributed by atoms with E-state index in [9.17, 15) is 37.0 Å². The van der Waals surface area contributed by atoms with Crippen molar-refractivity contribution in [3.05, 3.63) is 52.5 Å². The molecule has 3 aliphatic rings. The van der Waals surface area contributed by atoms with Crippen LogP contribution >= 0.6 is 11.6 Å². The molecule has 3 atom stereocenters. The summed E-state index contributed by atoms with van der Waals surface area (Å²) in [6.45, 7) is 2.99. The number of benzene rings is 1. The molecule has 0 saturated heterocycles. The first-order valence-corrected chi connectivity index (χ1v) is 14.8. The van der Waals surface area contributed by atoms with Crippen molar-refractivity contribution in [1.82, 2.24) is 10.6 Å². The minimum atomic E-state index is -4.01. The van der Waals surface area contributed by atoms with Crippen molar-refractivity contribution in [1.29, 1.82) is 0 Å². The van der Waals surface area contributed by atoms with Crippen LogP contribution < -0.4 is 10.6 Å². The lowest BCUT2D eigenvalue weighted by Crippen LogP contribution is -2.55. The van der Waals surface area contributed by atoms with Crippen LogP contribution in [0.25, 0.3) is 0 Å². The number of rotatable bonds is 8. The Morgan fingerprint density at radius 1 is 1.18 bits per heavy atom. The predicted octanol–water partition coefficient (Wildman–Crippen LogP) is 3.52. The predicted molar refractivity (Wildman–Crippen MR) is 141 cm³/mol. The molecule has 2 saturated carbocycles. The number of carbonyl (C=O) groups is 2. The smallest absolute Gasteiger partial charge is 0.255 e. The number of hydrogen-bond donors (Lipinski definition) is 4. The summed E-state index contributed by atoms with van der Waals surface area (Å²) in [5.74, 6) is -2.76. The normalized spacial score (nSPS) is 28.9. The Bertz CT molecular complexity index is 1310. The van der Waals surface area contributed by atoms with Gasteiger partial charge in [0.2, 0.25) is 5.91 Å². The van der Waals surface area contributed by atoms with Crippen LogP contribution in [0.3, 0.4) is 0 Å². The monoisotopic (exact) mass is 586 g/mol. The second-order valence-electron chi connectivity index (χ2n) is 11.4. The highest BCUT2D eigenvalue weighted by atomic mass is 35.5. The van der Waals surface area contributed by atoms with Gasteiger partial charge in [0.15, 0.2) is 16.0 Å². The van der Waals surface area contributed by atoms with E-state index in [1.807, 2.05) is 0 Å². The molecule has 214 valence electrons. The fourth-order valence-corrected chi connectivity index (χ4v) is 8.25. The van der Waals surface area contributed by atoms with Crippen LogP contribution in [0, 0.1) is 11.8 Å². The number of aliphatic hydroxyl groups is 2. The molecule has 8 nitrogen and oxygen atoms in total. The molecule has 39 heavy (non-hydrogen) atoms. The molecule has 2 bridgehead atoms. The zero-order chi connectivity index (χ0) is 28.8. The maximum Gasteiger partial charge on any atom is 0.255 e. The van der Waals surface area contributed by atoms with E-state index in [0.29, 0.717) is 12.8 Å². The van der Waals surface area contributed by atoms with Gasteiger partial charge in [-0.1, -0.05) is 11.6 Å². The quantitative estimate of drug-likeness (QED) is 0.368. The van der Waals surface area contributed by atoms with E-state index >= 15 is 0 Å². The highest BCUT2D eigenvalue weighted by molar-refractivity contribution is 7.92. The summed E-state index contributed by atoms with van der Waals surface area (Å²) >= 11 is 6.27. The highest BCUT2D eigenvalue weighted by Crippen LogP contribution is 2.52. The maximum atomic E-state index is 13.7. The van der Waals surface area contributed by atoms with Gasteiger partial charge in [-0.05, 0) is 81.7 Å². The van der Waals surface area contributed by atoms with Gasteiger partial charge in [0.1, 0.15) is 5.83 Å². The zero-order valence-corrected chi connectivity index (χ0v) is 23.3. The largest absolute Gasteiger partial charge is 0.390 e. The van der Waals surface area contributed by atoms with Crippen LogP contribution in [0.1, 0.15) is 62.7 Å². The molecule has 0 aliphatic heterocycles. The third-order valence-corrected chi connectivity index (χ3v) is 10.5. The summed E-state index contributed by atoms with van der Waals surface area (Å²) in [7, 11) is -4.01. The van der Waals surface area contributed by atoms with Crippen molar-refractivity contribution in [2.24, 2.45) is 11.8 Å². The third kappa shape index (κ3) is 6.37. The zero-order valence-electron chi connectivity index (χ0n) is 21.7. The van der Waals surface area contributed by atoms with Crippen molar-refractivity contribution in [2.45, 2.75) is 79.9 Å². The Hall–Kier alpha value is -2.34. The van der Waals surface area contributed by atoms with E-state index in [4.69, 9.17) is 11.6 Å². The summed E-state index contributed by atoms with van der Waals surface area (Å²) in [6, 6.07) is 3.84. The first-order chi connectivity index (χ1) is 18.1. The summed E-state index contributed by atoms with van der Waals surface area (Å²) in [6.07, 6.45) is 1.37. The topological polar surface area (TPSA) is 133 Å². The number of alkyl halides is 1. The molecule has 1 aromatic rings. The molecule has 3 unspecified atom stereocenters. The van der Waals surface area contributed by atoms with Crippen LogP contribution in [-0.4, -0.2) is 59.6 Å². The average molecular weight is 587 g/mol. The average Bonchev–Trinajstić information content (AvgIpc) is 3.00. The summed E-state index contributed by atoms with van der Waals surface area (Å²) in [5, 5.41) is 25.6. The molecule has 2 amide bonds. The van der Waals surface area contributed by atoms with E-state index in [-0.39, 0.29) is 65.2 Å². The second kappa shape index (κ2) is 10.9. The highest BCUT2D eigenvalue weighted by Gasteiger charge is 2.55. The van der Waals surface area contributed by atoms with Gasteiger partial charge in [-0.3, -0.25) is 9.59 Å². The van der Waals surface area contributed by atoms with Gasteiger partial charge < -0.3 is 20.8 Å². The van der Waals surface area contributed by atoms with E-state index in [1.54, 1.807) is 0 Å². The Kier molecular flexibility index (Phi) is 8.29. The number of carbonyl (C=O) groups excluding carboxylic acids is 2. The van der Waals surface area contributed by atoms with Crippen molar-refractivity contribution >= 4 is 33.3 Å². The summed E-state index contributed by atoms with van der Waals surface area (Å²) in [4.78, 5) is 24.8. The number of allylic oxidation sites excluding steroid dienone is 4. The first-order valence-electron chi connectivity index (χ1n) is 12.9. The number of halogens is 3. The van der Waals surface area contributed by atoms with Gasteiger partial charge in [0.05, 0.1) is 32.8 Å². The molecular weight excluding hydrogens is 554 g/mol. The lowest BCUT2D eigenvalue weighted by atomic mass is 9.74. The van der Waals surface area contributed by atoms with Crippen LogP contribution in [0.15, 0.2) is 46.8 Å². The number of hydrogen-bond acceptors (Lipinski definition) is 6. The fraction of sp³-hybridized carbons (Fsp3) is 0.556. The molecule has 12 heteroatoms. The van der Waals surface area contributed by atoms with Crippen LogP contribution in [0.2, 0.25) is 5.02 Å².